The Kier molecular flexibility index (Phi) is 4.74. The van der Waals surface area contributed by atoms with Crippen LogP contribution in [0.4, 0.5) is 13.2 Å². The lowest BCUT2D eigenvalue weighted by Gasteiger charge is -2.17. The predicted octanol–water partition coefficient (Wildman–Crippen LogP) is 4.12. The summed E-state index contributed by atoms with van der Waals surface area (Å²) in [6.07, 6.45) is -2.10. The molecule has 1 heterocycles. The highest BCUT2D eigenvalue weighted by Gasteiger charge is 2.34. The van der Waals surface area contributed by atoms with Crippen LogP contribution in [0.2, 0.25) is 0 Å². The van der Waals surface area contributed by atoms with Crippen molar-refractivity contribution in [3.05, 3.63) is 53.3 Å². The molecule has 23 heavy (non-hydrogen) atoms. The van der Waals surface area contributed by atoms with E-state index >= 15 is 0 Å². The molecular formula is C16H13F3N2O2. The van der Waals surface area contributed by atoms with Gasteiger partial charge in [-0.25, -0.2) is 0 Å². The van der Waals surface area contributed by atoms with Gasteiger partial charge >= 0.3 is 6.18 Å². The van der Waals surface area contributed by atoms with Crippen molar-refractivity contribution in [2.24, 2.45) is 0 Å². The lowest BCUT2D eigenvalue weighted by atomic mass is 10.1. The summed E-state index contributed by atoms with van der Waals surface area (Å²) >= 11 is 0. The molecule has 0 radical (unpaired) electrons. The molecule has 1 atom stereocenters. The van der Waals surface area contributed by atoms with E-state index in [9.17, 15) is 13.2 Å². The van der Waals surface area contributed by atoms with Crippen LogP contribution in [0, 0.1) is 11.3 Å². The van der Waals surface area contributed by atoms with Gasteiger partial charge in [0.15, 0.2) is 0 Å². The standard InChI is InChI=1S/C16H13F3N2O2/c1-10(12-5-14(22-2)9-21-8-12)23-13-4-3-11(7-20)15(6-13)16(17,18)19/h3-6,8-10H,1-2H3. The average Bonchev–Trinajstić information content (AvgIpc) is 2.54. The molecule has 0 aliphatic carbocycles. The van der Waals surface area contributed by atoms with E-state index in [1.165, 1.54) is 25.4 Å². The molecule has 0 amide bonds. The highest BCUT2D eigenvalue weighted by molar-refractivity contribution is 5.44. The summed E-state index contributed by atoms with van der Waals surface area (Å²) in [6, 6.07) is 6.46. The largest absolute Gasteiger partial charge is 0.495 e. The second-order valence-electron chi connectivity index (χ2n) is 4.74. The number of nitriles is 1. The van der Waals surface area contributed by atoms with Crippen molar-refractivity contribution >= 4 is 0 Å². The van der Waals surface area contributed by atoms with Gasteiger partial charge in [0.05, 0.1) is 30.5 Å². The predicted molar refractivity (Wildman–Crippen MR) is 76.0 cm³/mol. The van der Waals surface area contributed by atoms with Gasteiger partial charge in [-0.2, -0.15) is 18.4 Å². The summed E-state index contributed by atoms with van der Waals surface area (Å²) in [4.78, 5) is 3.97. The molecule has 7 heteroatoms. The second-order valence-corrected chi connectivity index (χ2v) is 4.74. The van der Waals surface area contributed by atoms with Crippen molar-refractivity contribution < 1.29 is 22.6 Å². The molecule has 0 saturated heterocycles. The quantitative estimate of drug-likeness (QED) is 0.849. The van der Waals surface area contributed by atoms with E-state index < -0.39 is 23.4 Å². The van der Waals surface area contributed by atoms with Crippen LogP contribution in [0.15, 0.2) is 36.7 Å². The number of halogens is 3. The lowest BCUT2D eigenvalue weighted by molar-refractivity contribution is -0.137. The van der Waals surface area contributed by atoms with Crippen LogP contribution in [0.1, 0.15) is 29.7 Å². The number of alkyl halides is 3. The molecule has 0 aliphatic rings. The molecule has 0 spiro atoms. The first-order valence-electron chi connectivity index (χ1n) is 6.62. The fourth-order valence-corrected chi connectivity index (χ4v) is 1.97. The maximum absolute atomic E-state index is 12.9. The van der Waals surface area contributed by atoms with Gasteiger partial charge in [-0.1, -0.05) is 0 Å². The van der Waals surface area contributed by atoms with Gasteiger partial charge in [0.2, 0.25) is 0 Å². The molecule has 0 N–H and O–H groups in total. The minimum atomic E-state index is -4.62. The van der Waals surface area contributed by atoms with E-state index in [4.69, 9.17) is 14.7 Å². The molecule has 0 aliphatic heterocycles. The Morgan fingerprint density at radius 1 is 1.17 bits per heavy atom. The van der Waals surface area contributed by atoms with Gasteiger partial charge in [-0.15, -0.1) is 0 Å². The van der Waals surface area contributed by atoms with E-state index in [1.54, 1.807) is 19.2 Å². The topological polar surface area (TPSA) is 55.1 Å². The Bertz CT molecular complexity index is 739. The Balaban J connectivity index is 2.28. The molecule has 2 rings (SSSR count). The average molecular weight is 322 g/mol. The maximum Gasteiger partial charge on any atom is 0.417 e. The molecular weight excluding hydrogens is 309 g/mol. The SMILES string of the molecule is COc1cncc(C(C)Oc2ccc(C#N)c(C(F)(F)F)c2)c1. The Labute approximate surface area is 131 Å². The fraction of sp³-hybridized carbons (Fsp3) is 0.250. The maximum atomic E-state index is 12.9. The van der Waals surface area contributed by atoms with Crippen LogP contribution in [0.5, 0.6) is 11.5 Å². The van der Waals surface area contributed by atoms with Crippen LogP contribution < -0.4 is 9.47 Å². The first kappa shape index (κ1) is 16.6. The van der Waals surface area contributed by atoms with Gasteiger partial charge in [0.1, 0.15) is 17.6 Å². The molecule has 120 valence electrons. The first-order valence-corrected chi connectivity index (χ1v) is 6.62. The zero-order chi connectivity index (χ0) is 17.0. The molecule has 1 aromatic carbocycles. The van der Waals surface area contributed by atoms with Crippen LogP contribution in [0.25, 0.3) is 0 Å². The summed E-state index contributed by atoms with van der Waals surface area (Å²) < 4.78 is 49.4. The molecule has 0 saturated carbocycles. The van der Waals surface area contributed by atoms with Crippen LogP contribution >= 0.6 is 0 Å². The molecule has 1 aromatic heterocycles. The molecule has 0 bridgehead atoms. The molecule has 1 unspecified atom stereocenters. The zero-order valence-corrected chi connectivity index (χ0v) is 12.4. The summed E-state index contributed by atoms with van der Waals surface area (Å²) in [6.45, 7) is 1.68. The van der Waals surface area contributed by atoms with Crippen LogP contribution in [0.3, 0.4) is 0 Å². The third-order valence-electron chi connectivity index (χ3n) is 3.17. The number of ether oxygens (including phenoxy) is 2. The number of benzene rings is 1. The molecule has 2 aromatic rings. The van der Waals surface area contributed by atoms with Gasteiger partial charge in [-0.05, 0) is 31.2 Å². The van der Waals surface area contributed by atoms with Crippen molar-refractivity contribution in [2.75, 3.05) is 7.11 Å². The first-order chi connectivity index (χ1) is 10.8. The van der Waals surface area contributed by atoms with E-state index in [0.29, 0.717) is 11.3 Å². The van der Waals surface area contributed by atoms with Gasteiger partial charge in [0, 0.05) is 11.8 Å². The fourth-order valence-electron chi connectivity index (χ4n) is 1.97. The zero-order valence-electron chi connectivity index (χ0n) is 12.4. The number of nitrogens with zero attached hydrogens (tertiary/aromatic N) is 2. The monoisotopic (exact) mass is 322 g/mol. The number of aromatic nitrogens is 1. The van der Waals surface area contributed by atoms with Crippen LogP contribution in [-0.4, -0.2) is 12.1 Å². The van der Waals surface area contributed by atoms with Crippen molar-refractivity contribution in [3.63, 3.8) is 0 Å². The summed E-state index contributed by atoms with van der Waals surface area (Å²) in [5.74, 6) is 0.542. The summed E-state index contributed by atoms with van der Waals surface area (Å²) in [7, 11) is 1.49. The van der Waals surface area contributed by atoms with Gasteiger partial charge in [0.25, 0.3) is 0 Å². The Morgan fingerprint density at radius 3 is 2.52 bits per heavy atom. The third kappa shape index (κ3) is 3.92. The summed E-state index contributed by atoms with van der Waals surface area (Å²) in [5, 5.41) is 8.78. The summed E-state index contributed by atoms with van der Waals surface area (Å²) in [5.41, 5.74) is -0.809. The van der Waals surface area contributed by atoms with E-state index in [0.717, 1.165) is 12.1 Å². The van der Waals surface area contributed by atoms with Crippen molar-refractivity contribution in [3.8, 4) is 17.6 Å². The number of hydrogen-bond donors (Lipinski definition) is 0. The van der Waals surface area contributed by atoms with Crippen molar-refractivity contribution in [2.45, 2.75) is 19.2 Å². The molecule has 0 fully saturated rings. The highest BCUT2D eigenvalue weighted by Crippen LogP contribution is 2.35. The Morgan fingerprint density at radius 2 is 1.91 bits per heavy atom. The number of pyridine rings is 1. The van der Waals surface area contributed by atoms with E-state index in [-0.39, 0.29) is 5.75 Å². The molecule has 4 nitrogen and oxygen atoms in total. The minimum absolute atomic E-state index is 0.0200. The van der Waals surface area contributed by atoms with Crippen molar-refractivity contribution in [1.82, 2.24) is 4.98 Å². The van der Waals surface area contributed by atoms with Gasteiger partial charge < -0.3 is 9.47 Å². The normalized spacial score (nSPS) is 12.3. The highest BCUT2D eigenvalue weighted by atomic mass is 19.4. The minimum Gasteiger partial charge on any atom is -0.495 e. The van der Waals surface area contributed by atoms with Crippen LogP contribution in [-0.2, 0) is 6.18 Å². The van der Waals surface area contributed by atoms with E-state index in [1.807, 2.05) is 0 Å². The van der Waals surface area contributed by atoms with E-state index in [2.05, 4.69) is 4.98 Å². The number of methoxy groups -OCH3 is 1. The van der Waals surface area contributed by atoms with Gasteiger partial charge in [-0.3, -0.25) is 4.98 Å². The Hall–Kier alpha value is -2.75. The smallest absolute Gasteiger partial charge is 0.417 e. The van der Waals surface area contributed by atoms with Crippen molar-refractivity contribution in [1.29, 1.82) is 5.26 Å². The third-order valence-corrected chi connectivity index (χ3v) is 3.17. The number of rotatable bonds is 4. The lowest BCUT2D eigenvalue weighted by Crippen LogP contribution is -2.09. The number of hydrogen-bond acceptors (Lipinski definition) is 4. The second kappa shape index (κ2) is 6.57.